The minimum absolute atomic E-state index is 0.00435. The molecular weight excluding hydrogens is 347 g/mol. The van der Waals surface area contributed by atoms with Crippen molar-refractivity contribution < 1.29 is 17.9 Å². The van der Waals surface area contributed by atoms with Gasteiger partial charge in [0.05, 0.1) is 19.8 Å². The molecule has 26 heavy (non-hydrogen) atoms. The van der Waals surface area contributed by atoms with E-state index in [0.717, 1.165) is 39.4 Å². The summed E-state index contributed by atoms with van der Waals surface area (Å²) in [7, 11) is 0. The van der Waals surface area contributed by atoms with E-state index in [1.165, 1.54) is 4.90 Å². The topological polar surface area (TPSA) is 52.1 Å². The van der Waals surface area contributed by atoms with E-state index >= 15 is 0 Å². The van der Waals surface area contributed by atoms with Crippen molar-refractivity contribution in [1.29, 1.82) is 0 Å². The molecule has 2 heterocycles. The molecule has 2 fully saturated rings. The molecule has 2 N–H and O–H groups in total. The van der Waals surface area contributed by atoms with Crippen LogP contribution in [0.2, 0.25) is 0 Å². The molecule has 9 heteroatoms. The Morgan fingerprint density at radius 3 is 2.62 bits per heavy atom. The lowest BCUT2D eigenvalue weighted by Gasteiger charge is -2.28. The molecule has 0 radical (unpaired) electrons. The smallest absolute Gasteiger partial charge is 0.379 e. The second-order valence-corrected chi connectivity index (χ2v) is 7.22. The highest BCUT2D eigenvalue weighted by Gasteiger charge is 2.34. The molecule has 2 atom stereocenters. The van der Waals surface area contributed by atoms with Gasteiger partial charge in [0.25, 0.3) is 0 Å². The molecule has 0 amide bonds. The highest BCUT2D eigenvalue weighted by molar-refractivity contribution is 5.80. The monoisotopic (exact) mass is 379 g/mol. The van der Waals surface area contributed by atoms with Gasteiger partial charge in [-0.25, -0.2) is 0 Å². The fourth-order valence-corrected chi connectivity index (χ4v) is 3.39. The minimum atomic E-state index is -4.14. The third kappa shape index (κ3) is 8.09. The van der Waals surface area contributed by atoms with Gasteiger partial charge in [-0.1, -0.05) is 6.92 Å². The van der Waals surface area contributed by atoms with Crippen molar-refractivity contribution in [1.82, 2.24) is 20.4 Å². The summed E-state index contributed by atoms with van der Waals surface area (Å²) in [6, 6.07) is 0.00435. The summed E-state index contributed by atoms with van der Waals surface area (Å²) in [5, 5.41) is 6.48. The molecular formula is C17H32F3N5O. The van der Waals surface area contributed by atoms with E-state index < -0.39 is 12.7 Å². The van der Waals surface area contributed by atoms with Crippen molar-refractivity contribution in [2.75, 3.05) is 65.6 Å². The Kier molecular flexibility index (Phi) is 8.43. The summed E-state index contributed by atoms with van der Waals surface area (Å²) in [4.78, 5) is 8.47. The largest absolute Gasteiger partial charge is 0.401 e. The molecule has 2 rings (SSSR count). The number of aliphatic imine (C=N–C) groups is 1. The Morgan fingerprint density at radius 2 is 1.96 bits per heavy atom. The van der Waals surface area contributed by atoms with Crippen molar-refractivity contribution in [3.05, 3.63) is 0 Å². The SMILES string of the molecule is CCNC(=NCC(C)CN1CCOCC1)NC1CCN(CC(F)(F)F)C1. The first-order valence-corrected chi connectivity index (χ1v) is 9.49. The van der Waals surface area contributed by atoms with Crippen LogP contribution in [0.1, 0.15) is 20.3 Å². The van der Waals surface area contributed by atoms with Crippen molar-refractivity contribution in [3.8, 4) is 0 Å². The molecule has 0 aliphatic carbocycles. The summed E-state index contributed by atoms with van der Waals surface area (Å²) >= 11 is 0. The fourth-order valence-electron chi connectivity index (χ4n) is 3.39. The lowest BCUT2D eigenvalue weighted by atomic mass is 10.1. The van der Waals surface area contributed by atoms with Gasteiger partial charge in [-0.2, -0.15) is 13.2 Å². The van der Waals surface area contributed by atoms with Crippen LogP contribution in [-0.2, 0) is 4.74 Å². The second-order valence-electron chi connectivity index (χ2n) is 7.22. The van der Waals surface area contributed by atoms with Crippen LogP contribution in [0.3, 0.4) is 0 Å². The van der Waals surface area contributed by atoms with Gasteiger partial charge in [-0.3, -0.25) is 14.8 Å². The number of ether oxygens (including phenoxy) is 1. The maximum atomic E-state index is 12.5. The van der Waals surface area contributed by atoms with Crippen LogP contribution in [0, 0.1) is 5.92 Å². The maximum absolute atomic E-state index is 12.5. The molecule has 2 saturated heterocycles. The molecule has 0 bridgehead atoms. The van der Waals surface area contributed by atoms with E-state index in [1.807, 2.05) is 6.92 Å². The number of nitrogens with one attached hydrogen (secondary N) is 2. The standard InChI is InChI=1S/C17H32F3N5O/c1-3-21-16(22-10-14(2)11-24-6-8-26-9-7-24)23-15-4-5-25(12-15)13-17(18,19)20/h14-15H,3-13H2,1-2H3,(H2,21,22,23). The van der Waals surface area contributed by atoms with Gasteiger partial charge in [0.1, 0.15) is 0 Å². The van der Waals surface area contributed by atoms with Gasteiger partial charge in [0.15, 0.2) is 5.96 Å². The highest BCUT2D eigenvalue weighted by atomic mass is 19.4. The first-order chi connectivity index (χ1) is 12.4. The van der Waals surface area contributed by atoms with Crippen molar-refractivity contribution in [2.45, 2.75) is 32.5 Å². The molecule has 2 aliphatic rings. The van der Waals surface area contributed by atoms with E-state index in [0.29, 0.717) is 37.9 Å². The third-order valence-electron chi connectivity index (χ3n) is 4.59. The zero-order chi connectivity index (χ0) is 19.0. The molecule has 0 spiro atoms. The number of rotatable bonds is 7. The molecule has 0 aromatic rings. The van der Waals surface area contributed by atoms with Crippen LogP contribution in [0.5, 0.6) is 0 Å². The van der Waals surface area contributed by atoms with Crippen LogP contribution >= 0.6 is 0 Å². The van der Waals surface area contributed by atoms with E-state index in [2.05, 4.69) is 27.4 Å². The predicted octanol–water partition coefficient (Wildman–Crippen LogP) is 1.15. The number of alkyl halides is 3. The number of halogens is 3. The molecule has 152 valence electrons. The van der Waals surface area contributed by atoms with Gasteiger partial charge in [-0.05, 0) is 19.3 Å². The van der Waals surface area contributed by atoms with Gasteiger partial charge in [-0.15, -0.1) is 0 Å². The third-order valence-corrected chi connectivity index (χ3v) is 4.59. The normalized spacial score (nSPS) is 24.7. The predicted molar refractivity (Wildman–Crippen MR) is 96.4 cm³/mol. The summed E-state index contributed by atoms with van der Waals surface area (Å²) in [5.41, 5.74) is 0. The van der Waals surface area contributed by atoms with Crippen LogP contribution in [0.15, 0.2) is 4.99 Å². The number of hydrogen-bond donors (Lipinski definition) is 2. The van der Waals surface area contributed by atoms with Crippen LogP contribution in [-0.4, -0.2) is 93.5 Å². The number of nitrogens with zero attached hydrogens (tertiary/aromatic N) is 3. The molecule has 6 nitrogen and oxygen atoms in total. The summed E-state index contributed by atoms with van der Waals surface area (Å²) in [6.07, 6.45) is -3.44. The van der Waals surface area contributed by atoms with Gasteiger partial charge in [0, 0.05) is 51.9 Å². The Labute approximate surface area is 154 Å². The highest BCUT2D eigenvalue weighted by Crippen LogP contribution is 2.19. The fraction of sp³-hybridized carbons (Fsp3) is 0.941. The van der Waals surface area contributed by atoms with Gasteiger partial charge in [0.2, 0.25) is 0 Å². The van der Waals surface area contributed by atoms with Crippen molar-refractivity contribution in [3.63, 3.8) is 0 Å². The Morgan fingerprint density at radius 1 is 1.23 bits per heavy atom. The maximum Gasteiger partial charge on any atom is 0.401 e. The lowest BCUT2D eigenvalue weighted by molar-refractivity contribution is -0.143. The van der Waals surface area contributed by atoms with Crippen LogP contribution in [0.4, 0.5) is 13.2 Å². The molecule has 2 unspecified atom stereocenters. The van der Waals surface area contributed by atoms with Crippen LogP contribution < -0.4 is 10.6 Å². The first-order valence-electron chi connectivity index (χ1n) is 9.49. The van der Waals surface area contributed by atoms with E-state index in [9.17, 15) is 13.2 Å². The molecule has 0 aromatic carbocycles. The van der Waals surface area contributed by atoms with Gasteiger partial charge < -0.3 is 15.4 Å². The summed E-state index contributed by atoms with van der Waals surface area (Å²) in [5.74, 6) is 1.11. The van der Waals surface area contributed by atoms with Crippen molar-refractivity contribution in [2.24, 2.45) is 10.9 Å². The Bertz CT molecular complexity index is 441. The second kappa shape index (κ2) is 10.3. The number of guanidine groups is 1. The lowest BCUT2D eigenvalue weighted by Crippen LogP contribution is -2.45. The average Bonchev–Trinajstić information content (AvgIpc) is 2.99. The van der Waals surface area contributed by atoms with E-state index in [-0.39, 0.29) is 6.04 Å². The summed E-state index contributed by atoms with van der Waals surface area (Å²) < 4.78 is 42.9. The van der Waals surface area contributed by atoms with Crippen LogP contribution in [0.25, 0.3) is 0 Å². The molecule has 2 aliphatic heterocycles. The number of morpholine rings is 1. The zero-order valence-corrected chi connectivity index (χ0v) is 15.8. The molecule has 0 saturated carbocycles. The summed E-state index contributed by atoms with van der Waals surface area (Å²) in [6.45, 7) is 10.1. The average molecular weight is 379 g/mol. The first kappa shape index (κ1) is 21.2. The van der Waals surface area contributed by atoms with E-state index in [4.69, 9.17) is 4.74 Å². The number of hydrogen-bond acceptors (Lipinski definition) is 4. The number of likely N-dealkylation sites (tertiary alicyclic amines) is 1. The Balaban J connectivity index is 1.77. The quantitative estimate of drug-likeness (QED) is 0.513. The minimum Gasteiger partial charge on any atom is -0.379 e. The van der Waals surface area contributed by atoms with Crippen molar-refractivity contribution >= 4 is 5.96 Å². The van der Waals surface area contributed by atoms with Gasteiger partial charge >= 0.3 is 6.18 Å². The Hall–Kier alpha value is -1.06. The molecule has 0 aromatic heterocycles. The van der Waals surface area contributed by atoms with E-state index in [1.54, 1.807) is 0 Å². The zero-order valence-electron chi connectivity index (χ0n) is 15.8.